The molecular formula is C21H31N5O3. The summed E-state index contributed by atoms with van der Waals surface area (Å²) in [4.78, 5) is 28.6. The first-order valence-corrected chi connectivity index (χ1v) is 10.1. The van der Waals surface area contributed by atoms with Crippen molar-refractivity contribution >= 4 is 11.5 Å². The van der Waals surface area contributed by atoms with E-state index in [-0.39, 0.29) is 11.2 Å². The van der Waals surface area contributed by atoms with Gasteiger partial charge < -0.3 is 15.0 Å². The number of benzene rings is 1. The highest BCUT2D eigenvalue weighted by atomic mass is 16.5. The van der Waals surface area contributed by atoms with Gasteiger partial charge in [-0.1, -0.05) is 12.1 Å². The molecule has 1 N–H and O–H groups in total. The number of hydrogen-bond acceptors (Lipinski definition) is 6. The number of methoxy groups -OCH3 is 1. The highest BCUT2D eigenvalue weighted by Crippen LogP contribution is 2.28. The fraction of sp³-hybridized carbons (Fsp3) is 0.524. The largest absolute Gasteiger partial charge is 0.495 e. The minimum Gasteiger partial charge on any atom is -0.495 e. The van der Waals surface area contributed by atoms with E-state index in [0.29, 0.717) is 5.82 Å². The maximum atomic E-state index is 11.9. The fourth-order valence-corrected chi connectivity index (χ4v) is 3.68. The Hall–Kier alpha value is -2.74. The molecule has 0 amide bonds. The van der Waals surface area contributed by atoms with Crippen LogP contribution in [0.1, 0.15) is 12.8 Å². The quantitative estimate of drug-likeness (QED) is 0.668. The molecular weight excluding hydrogens is 370 g/mol. The van der Waals surface area contributed by atoms with E-state index in [4.69, 9.17) is 4.74 Å². The van der Waals surface area contributed by atoms with Gasteiger partial charge in [-0.25, -0.2) is 4.79 Å². The van der Waals surface area contributed by atoms with Gasteiger partial charge in [0.25, 0.3) is 5.56 Å². The van der Waals surface area contributed by atoms with E-state index in [1.807, 2.05) is 12.1 Å². The van der Waals surface area contributed by atoms with Crippen LogP contribution in [0.2, 0.25) is 0 Å². The van der Waals surface area contributed by atoms with Crippen LogP contribution in [0.4, 0.5) is 11.5 Å². The van der Waals surface area contributed by atoms with E-state index >= 15 is 0 Å². The average molecular weight is 402 g/mol. The minimum absolute atomic E-state index is 0.288. The van der Waals surface area contributed by atoms with Gasteiger partial charge in [0, 0.05) is 52.9 Å². The molecule has 1 aliphatic heterocycles. The number of nitrogens with zero attached hydrogens (tertiary/aromatic N) is 4. The first-order valence-electron chi connectivity index (χ1n) is 10.1. The number of para-hydroxylation sites is 2. The summed E-state index contributed by atoms with van der Waals surface area (Å²) in [6.45, 7) is 5.85. The second kappa shape index (κ2) is 9.65. The molecule has 0 unspecified atom stereocenters. The standard InChI is InChI=1S/C21H31N5O3/c1-23-19(16-20(27)24(2)21(23)28)22-10-6-7-11-25-12-14-26(15-13-25)17-8-4-5-9-18(17)29-3/h4-5,8-9,16,22H,6-7,10-15H2,1-3H3. The number of nitrogens with one attached hydrogen (secondary N) is 1. The first-order chi connectivity index (χ1) is 14.0. The summed E-state index contributed by atoms with van der Waals surface area (Å²) in [6.07, 6.45) is 2.05. The Labute approximate surface area is 171 Å². The predicted molar refractivity (Wildman–Crippen MR) is 116 cm³/mol. The molecule has 1 aromatic carbocycles. The summed E-state index contributed by atoms with van der Waals surface area (Å²) in [5.41, 5.74) is 0.565. The zero-order valence-electron chi connectivity index (χ0n) is 17.6. The summed E-state index contributed by atoms with van der Waals surface area (Å²) in [5, 5.41) is 3.21. The summed E-state index contributed by atoms with van der Waals surface area (Å²) in [6, 6.07) is 9.64. The van der Waals surface area contributed by atoms with Crippen LogP contribution < -0.4 is 26.2 Å². The molecule has 2 heterocycles. The Balaban J connectivity index is 1.40. The van der Waals surface area contributed by atoms with E-state index < -0.39 is 0 Å². The molecule has 1 aliphatic rings. The van der Waals surface area contributed by atoms with E-state index in [2.05, 4.69) is 27.2 Å². The molecule has 0 spiro atoms. The fourth-order valence-electron chi connectivity index (χ4n) is 3.68. The lowest BCUT2D eigenvalue weighted by Crippen LogP contribution is -2.46. The van der Waals surface area contributed by atoms with Crippen LogP contribution in [0.25, 0.3) is 0 Å². The molecule has 2 aromatic rings. The third-order valence-corrected chi connectivity index (χ3v) is 5.53. The lowest BCUT2D eigenvalue weighted by molar-refractivity contribution is 0.253. The van der Waals surface area contributed by atoms with Crippen molar-refractivity contribution in [3.63, 3.8) is 0 Å². The van der Waals surface area contributed by atoms with Crippen molar-refractivity contribution in [3.05, 3.63) is 51.2 Å². The summed E-state index contributed by atoms with van der Waals surface area (Å²) in [5.74, 6) is 1.50. The number of hydrogen-bond donors (Lipinski definition) is 1. The van der Waals surface area contributed by atoms with E-state index in [9.17, 15) is 9.59 Å². The van der Waals surface area contributed by atoms with Crippen LogP contribution in [0.5, 0.6) is 5.75 Å². The molecule has 1 fully saturated rings. The van der Waals surface area contributed by atoms with Crippen molar-refractivity contribution in [1.29, 1.82) is 0 Å². The molecule has 0 atom stereocenters. The lowest BCUT2D eigenvalue weighted by Gasteiger charge is -2.36. The van der Waals surface area contributed by atoms with Crippen molar-refractivity contribution in [2.45, 2.75) is 12.8 Å². The Bertz CT molecular complexity index is 929. The zero-order valence-corrected chi connectivity index (χ0v) is 17.6. The van der Waals surface area contributed by atoms with Crippen LogP contribution in [-0.2, 0) is 14.1 Å². The number of unbranched alkanes of at least 4 members (excludes halogenated alkanes) is 1. The number of ether oxygens (including phenoxy) is 1. The Morgan fingerprint density at radius 2 is 1.72 bits per heavy atom. The predicted octanol–water partition coefficient (Wildman–Crippen LogP) is 1.11. The minimum atomic E-state index is -0.312. The summed E-state index contributed by atoms with van der Waals surface area (Å²) < 4.78 is 8.06. The van der Waals surface area contributed by atoms with Crippen LogP contribution in [0.15, 0.2) is 39.9 Å². The topological polar surface area (TPSA) is 71.7 Å². The number of piperazine rings is 1. The van der Waals surface area contributed by atoms with Gasteiger partial charge in [0.15, 0.2) is 0 Å². The third-order valence-electron chi connectivity index (χ3n) is 5.53. The maximum absolute atomic E-state index is 11.9. The summed E-state index contributed by atoms with van der Waals surface area (Å²) >= 11 is 0. The van der Waals surface area contributed by atoms with Crippen LogP contribution >= 0.6 is 0 Å². The van der Waals surface area contributed by atoms with Crippen molar-refractivity contribution in [2.24, 2.45) is 14.1 Å². The Morgan fingerprint density at radius 1 is 1.00 bits per heavy atom. The van der Waals surface area contributed by atoms with Gasteiger partial charge in [0.2, 0.25) is 0 Å². The third kappa shape index (κ3) is 5.00. The highest BCUT2D eigenvalue weighted by Gasteiger charge is 2.19. The van der Waals surface area contributed by atoms with Gasteiger partial charge in [-0.15, -0.1) is 0 Å². The first kappa shape index (κ1) is 21.0. The Kier molecular flexibility index (Phi) is 6.98. The van der Waals surface area contributed by atoms with Crippen molar-refractivity contribution in [1.82, 2.24) is 14.0 Å². The van der Waals surface area contributed by atoms with Crippen molar-refractivity contribution in [2.75, 3.05) is 56.6 Å². The van der Waals surface area contributed by atoms with Gasteiger partial charge in [-0.3, -0.25) is 18.8 Å². The number of aromatic nitrogens is 2. The Morgan fingerprint density at radius 3 is 2.45 bits per heavy atom. The molecule has 29 heavy (non-hydrogen) atoms. The van der Waals surface area contributed by atoms with Gasteiger partial charge in [-0.2, -0.15) is 0 Å². The van der Waals surface area contributed by atoms with Gasteiger partial charge in [0.05, 0.1) is 12.8 Å². The number of rotatable bonds is 8. The van der Waals surface area contributed by atoms with Gasteiger partial charge >= 0.3 is 5.69 Å². The molecule has 0 saturated carbocycles. The lowest BCUT2D eigenvalue weighted by atomic mass is 10.2. The van der Waals surface area contributed by atoms with Crippen molar-refractivity contribution in [3.8, 4) is 5.75 Å². The van der Waals surface area contributed by atoms with Crippen LogP contribution in [0, 0.1) is 0 Å². The van der Waals surface area contributed by atoms with E-state index in [1.54, 1.807) is 14.2 Å². The summed E-state index contributed by atoms with van der Waals surface area (Å²) in [7, 11) is 4.88. The van der Waals surface area contributed by atoms with E-state index in [1.165, 1.54) is 23.4 Å². The van der Waals surface area contributed by atoms with Crippen molar-refractivity contribution < 1.29 is 4.74 Å². The average Bonchev–Trinajstić information content (AvgIpc) is 2.75. The van der Waals surface area contributed by atoms with E-state index in [0.717, 1.165) is 62.4 Å². The second-order valence-electron chi connectivity index (χ2n) is 7.40. The van der Waals surface area contributed by atoms with Crippen LogP contribution in [-0.4, -0.2) is 60.4 Å². The molecule has 0 aliphatic carbocycles. The monoisotopic (exact) mass is 401 g/mol. The molecule has 8 nitrogen and oxygen atoms in total. The van der Waals surface area contributed by atoms with Gasteiger partial charge in [0.1, 0.15) is 11.6 Å². The molecule has 1 saturated heterocycles. The molecule has 8 heteroatoms. The molecule has 3 rings (SSSR count). The second-order valence-corrected chi connectivity index (χ2v) is 7.40. The molecule has 1 aromatic heterocycles. The molecule has 0 radical (unpaired) electrons. The number of anilines is 2. The molecule has 0 bridgehead atoms. The SMILES string of the molecule is COc1ccccc1N1CCN(CCCCNc2cc(=O)n(C)c(=O)n2C)CC1. The smallest absolute Gasteiger partial charge is 0.332 e. The molecule has 158 valence electrons. The highest BCUT2D eigenvalue weighted by molar-refractivity contribution is 5.58. The normalized spacial score (nSPS) is 14.8. The zero-order chi connectivity index (χ0) is 20.8. The maximum Gasteiger partial charge on any atom is 0.332 e. The van der Waals surface area contributed by atoms with Crippen LogP contribution in [0.3, 0.4) is 0 Å². The van der Waals surface area contributed by atoms with Gasteiger partial charge in [-0.05, 0) is 31.5 Å².